The molecule has 0 saturated heterocycles. The van der Waals surface area contributed by atoms with E-state index in [1.165, 1.54) is 61.8 Å². The Morgan fingerprint density at radius 3 is 2.25 bits per heavy atom. The molecule has 2 aromatic rings. The minimum Gasteiger partial charge on any atom is -0.473 e. The van der Waals surface area contributed by atoms with Crippen molar-refractivity contribution in [1.82, 2.24) is 10.4 Å². The van der Waals surface area contributed by atoms with Crippen LogP contribution in [0.5, 0.6) is 11.8 Å². The van der Waals surface area contributed by atoms with Crippen molar-refractivity contribution in [1.29, 1.82) is 0 Å². The van der Waals surface area contributed by atoms with Crippen LogP contribution >= 0.6 is 0 Å². The number of nitrogens with one attached hydrogen (secondary N) is 1. The summed E-state index contributed by atoms with van der Waals surface area (Å²) in [6.45, 7) is 5.29. The van der Waals surface area contributed by atoms with E-state index in [2.05, 4.69) is 34.5 Å². The van der Waals surface area contributed by atoms with Crippen molar-refractivity contribution >= 4 is 5.69 Å². The summed E-state index contributed by atoms with van der Waals surface area (Å²) in [5.41, 5.74) is 2.73. The largest absolute Gasteiger partial charge is 0.574 e. The maximum atomic E-state index is 13.9. The lowest BCUT2D eigenvalue weighted by atomic mass is 9.88. The van der Waals surface area contributed by atoms with E-state index in [1.54, 1.807) is 6.07 Å². The molecule has 0 bridgehead atoms. The first-order valence-corrected chi connectivity index (χ1v) is 9.75. The first-order chi connectivity index (χ1) is 15.1. The van der Waals surface area contributed by atoms with Crippen molar-refractivity contribution < 1.29 is 27.0 Å². The topological polar surface area (TPSA) is 98.7 Å². The zero-order valence-electron chi connectivity index (χ0n) is 18.0. The number of benzene rings is 1. The van der Waals surface area contributed by atoms with Gasteiger partial charge in [0.2, 0.25) is 11.8 Å². The number of pyridine rings is 1. The molecular weight excluding hydrogens is 430 g/mol. The highest BCUT2D eigenvalue weighted by molar-refractivity contribution is 5.52. The number of ether oxygens (including phenoxy) is 2. The molecule has 0 radical (unpaired) electrons. The Kier molecular flexibility index (Phi) is 11.3. The molecule has 0 amide bonds. The summed E-state index contributed by atoms with van der Waals surface area (Å²) < 4.78 is 59.2. The molecule has 1 heterocycles. The minimum atomic E-state index is -4.85. The van der Waals surface area contributed by atoms with E-state index in [1.807, 2.05) is 0 Å². The average molecular weight is 459 g/mol. The summed E-state index contributed by atoms with van der Waals surface area (Å²) in [6.07, 6.45) is 1.01. The zero-order valence-corrected chi connectivity index (χ0v) is 18.0. The molecule has 5 N–H and O–H groups in total. The highest BCUT2D eigenvalue weighted by atomic mass is 19.4. The normalized spacial score (nSPS) is 12.8. The van der Waals surface area contributed by atoms with Gasteiger partial charge in [0.15, 0.2) is 0 Å². The SMILES string of the molecule is C=CNN.CC1CCC1.CN(N)c1cccc(F)c1COc1cccc(OC(F)(F)F)n1. The molecule has 1 aromatic heterocycles. The fraction of sp³-hybridized carbons (Fsp3) is 0.381. The van der Waals surface area contributed by atoms with Crippen LogP contribution in [0.25, 0.3) is 0 Å². The van der Waals surface area contributed by atoms with Crippen molar-refractivity contribution in [3.8, 4) is 11.8 Å². The lowest BCUT2D eigenvalue weighted by molar-refractivity contribution is -0.276. The molecule has 0 unspecified atom stereocenters. The maximum absolute atomic E-state index is 13.9. The molecule has 11 heteroatoms. The van der Waals surface area contributed by atoms with Gasteiger partial charge in [0.25, 0.3) is 0 Å². The molecule has 0 aliphatic heterocycles. The molecule has 32 heavy (non-hydrogen) atoms. The van der Waals surface area contributed by atoms with Gasteiger partial charge in [-0.15, -0.1) is 13.2 Å². The summed E-state index contributed by atoms with van der Waals surface area (Å²) in [7, 11) is 1.52. The molecule has 1 aliphatic carbocycles. The Balaban J connectivity index is 0.000000473. The standard InChI is InChI=1S/C14H13F4N3O2.C5H10.C2H6N2/c1-21(19)11-5-2-4-10(15)9(11)8-22-12-6-3-7-13(20-12)23-14(16,17)18;1-5-3-2-4-5;1-2-4-3/h2-7H,8,19H2,1H3;5H,2-4H2,1H3;2,4H,1,3H2. The first-order valence-electron chi connectivity index (χ1n) is 9.75. The number of hydrazine groups is 2. The summed E-state index contributed by atoms with van der Waals surface area (Å²) >= 11 is 0. The van der Waals surface area contributed by atoms with Gasteiger partial charge in [-0.1, -0.05) is 44.9 Å². The van der Waals surface area contributed by atoms with Crippen LogP contribution in [-0.2, 0) is 6.61 Å². The second-order valence-corrected chi connectivity index (χ2v) is 6.91. The molecule has 1 fully saturated rings. The van der Waals surface area contributed by atoms with Gasteiger partial charge in [-0.2, -0.15) is 4.98 Å². The van der Waals surface area contributed by atoms with Gasteiger partial charge in [-0.25, -0.2) is 10.2 Å². The van der Waals surface area contributed by atoms with E-state index >= 15 is 0 Å². The van der Waals surface area contributed by atoms with Gasteiger partial charge in [0.05, 0.1) is 5.69 Å². The van der Waals surface area contributed by atoms with Crippen molar-refractivity contribution in [2.75, 3.05) is 12.1 Å². The molecule has 7 nitrogen and oxygen atoms in total. The van der Waals surface area contributed by atoms with Gasteiger partial charge in [0.1, 0.15) is 12.4 Å². The van der Waals surface area contributed by atoms with E-state index in [0.717, 1.165) is 12.0 Å². The van der Waals surface area contributed by atoms with Gasteiger partial charge in [-0.05, 0) is 18.1 Å². The predicted octanol–water partition coefficient (Wildman–Crippen LogP) is 4.41. The number of nitrogens with zero attached hydrogens (tertiary/aromatic N) is 2. The molecule has 1 aromatic carbocycles. The lowest BCUT2D eigenvalue weighted by Crippen LogP contribution is -2.27. The first kappa shape index (κ1) is 27.0. The minimum absolute atomic E-state index is 0.138. The third-order valence-electron chi connectivity index (χ3n) is 4.27. The molecule has 1 aliphatic rings. The van der Waals surface area contributed by atoms with Gasteiger partial charge in [0, 0.05) is 30.9 Å². The Hall–Kier alpha value is -3.05. The van der Waals surface area contributed by atoms with Crippen LogP contribution in [0.3, 0.4) is 0 Å². The van der Waals surface area contributed by atoms with Crippen LogP contribution in [0.4, 0.5) is 23.2 Å². The third-order valence-corrected chi connectivity index (χ3v) is 4.27. The molecule has 0 atom stereocenters. The Bertz CT molecular complexity index is 830. The molecule has 3 rings (SSSR count). The number of rotatable bonds is 6. The number of nitrogens with two attached hydrogens (primary N) is 2. The van der Waals surface area contributed by atoms with E-state index in [-0.39, 0.29) is 18.1 Å². The van der Waals surface area contributed by atoms with Crippen molar-refractivity contribution in [2.45, 2.75) is 39.2 Å². The van der Waals surface area contributed by atoms with E-state index in [4.69, 9.17) is 10.6 Å². The summed E-state index contributed by atoms with van der Waals surface area (Å²) in [5, 5.41) is 1.21. The number of hydrogen-bond donors (Lipinski definition) is 3. The van der Waals surface area contributed by atoms with Gasteiger partial charge in [-0.3, -0.25) is 5.84 Å². The smallest absolute Gasteiger partial charge is 0.473 e. The highest BCUT2D eigenvalue weighted by Gasteiger charge is 2.31. The van der Waals surface area contributed by atoms with Crippen LogP contribution in [0.2, 0.25) is 0 Å². The number of alkyl halides is 3. The zero-order chi connectivity index (χ0) is 24.1. The van der Waals surface area contributed by atoms with E-state index < -0.39 is 18.1 Å². The van der Waals surface area contributed by atoms with Crippen LogP contribution in [-0.4, -0.2) is 18.4 Å². The van der Waals surface area contributed by atoms with Crippen LogP contribution in [0, 0.1) is 11.7 Å². The number of anilines is 1. The summed E-state index contributed by atoms with van der Waals surface area (Å²) in [6, 6.07) is 7.92. The maximum Gasteiger partial charge on any atom is 0.574 e. The lowest BCUT2D eigenvalue weighted by Gasteiger charge is -2.18. The van der Waals surface area contributed by atoms with Crippen LogP contribution in [0.1, 0.15) is 31.7 Å². The van der Waals surface area contributed by atoms with E-state index in [9.17, 15) is 17.6 Å². The van der Waals surface area contributed by atoms with Crippen molar-refractivity contribution in [2.24, 2.45) is 17.6 Å². The summed E-state index contributed by atoms with van der Waals surface area (Å²) in [4.78, 5) is 3.55. The Morgan fingerprint density at radius 1 is 1.22 bits per heavy atom. The van der Waals surface area contributed by atoms with Crippen molar-refractivity contribution in [3.63, 3.8) is 0 Å². The highest BCUT2D eigenvalue weighted by Crippen LogP contribution is 2.25. The monoisotopic (exact) mass is 459 g/mol. The summed E-state index contributed by atoms with van der Waals surface area (Å²) in [5.74, 6) is 9.96. The average Bonchev–Trinajstić information content (AvgIpc) is 2.70. The molecular formula is C21H29F4N5O2. The second-order valence-electron chi connectivity index (χ2n) is 6.91. The van der Waals surface area contributed by atoms with E-state index in [0.29, 0.717) is 5.69 Å². The third kappa shape index (κ3) is 10.3. The van der Waals surface area contributed by atoms with Crippen LogP contribution in [0.15, 0.2) is 49.2 Å². The fourth-order valence-corrected chi connectivity index (χ4v) is 2.43. The Labute approximate surface area is 184 Å². The van der Waals surface area contributed by atoms with Gasteiger partial charge >= 0.3 is 6.36 Å². The van der Waals surface area contributed by atoms with Crippen LogP contribution < -0.4 is 31.6 Å². The number of aromatic nitrogens is 1. The van der Waals surface area contributed by atoms with Gasteiger partial charge < -0.3 is 19.9 Å². The quantitative estimate of drug-likeness (QED) is 0.334. The molecule has 0 spiro atoms. The fourth-order valence-electron chi connectivity index (χ4n) is 2.43. The van der Waals surface area contributed by atoms with Crippen molar-refractivity contribution in [3.05, 3.63) is 60.6 Å². The molecule has 178 valence electrons. The predicted molar refractivity (Wildman–Crippen MR) is 115 cm³/mol. The second kappa shape index (κ2) is 13.4. The number of hydrogen-bond acceptors (Lipinski definition) is 7. The number of halogens is 4. The molecule has 1 saturated carbocycles. The Morgan fingerprint density at radius 2 is 1.78 bits per heavy atom.